The van der Waals surface area contributed by atoms with Gasteiger partial charge >= 0.3 is 0 Å². The first-order valence-electron chi connectivity index (χ1n) is 7.88. The molecule has 0 aliphatic carbocycles. The first kappa shape index (κ1) is 17.0. The molecule has 0 saturated carbocycles. The molecule has 4 rings (SSSR count). The molecule has 26 heavy (non-hydrogen) atoms. The highest BCUT2D eigenvalue weighted by atomic mass is 16.1. The summed E-state index contributed by atoms with van der Waals surface area (Å²) in [5.41, 5.74) is 5.30. The molecular weight excluding hydrogens is 328 g/mol. The second-order valence-corrected chi connectivity index (χ2v) is 5.39. The monoisotopic (exact) mass is 344 g/mol. The minimum absolute atomic E-state index is 0.590. The summed E-state index contributed by atoms with van der Waals surface area (Å²) in [7, 11) is 0. The number of hydrogen-bond acceptors (Lipinski definition) is 4. The molecule has 4 heterocycles. The lowest BCUT2D eigenvalue weighted by Crippen LogP contribution is -1.74. The molecule has 0 saturated heterocycles. The number of carbonyl (C=O) groups is 2. The molecule has 0 aliphatic heterocycles. The Morgan fingerprint density at radius 3 is 1.31 bits per heavy atom. The van der Waals surface area contributed by atoms with Gasteiger partial charge in [-0.1, -0.05) is 0 Å². The molecule has 0 unspecified atom stereocenters. The predicted octanol–water partition coefficient (Wildman–Crippen LogP) is 3.78. The summed E-state index contributed by atoms with van der Waals surface area (Å²) >= 11 is 0. The second-order valence-electron chi connectivity index (χ2n) is 5.39. The van der Waals surface area contributed by atoms with Crippen molar-refractivity contribution in [2.75, 3.05) is 0 Å². The van der Waals surface area contributed by atoms with E-state index in [0.717, 1.165) is 34.8 Å². The second kappa shape index (κ2) is 8.34. The zero-order valence-corrected chi connectivity index (χ0v) is 13.8. The number of carbonyl (C=O) groups excluding carboxylic acids is 2. The number of pyridine rings is 2. The SMILES string of the molecule is O=Cc1cc(-c2ccncc2)c[nH]1.O=Cc1cc(-c2ccncc2)c[nH]1. The van der Waals surface area contributed by atoms with Gasteiger partial charge in [-0.2, -0.15) is 0 Å². The number of aldehydes is 2. The van der Waals surface area contributed by atoms with E-state index in [1.807, 2.05) is 36.4 Å². The van der Waals surface area contributed by atoms with E-state index in [-0.39, 0.29) is 0 Å². The maximum Gasteiger partial charge on any atom is 0.166 e. The van der Waals surface area contributed by atoms with Crippen LogP contribution in [0.3, 0.4) is 0 Å². The van der Waals surface area contributed by atoms with Crippen LogP contribution in [0.15, 0.2) is 73.6 Å². The lowest BCUT2D eigenvalue weighted by Gasteiger charge is -1.93. The molecule has 0 bridgehead atoms. The van der Waals surface area contributed by atoms with Crippen LogP contribution in [0.2, 0.25) is 0 Å². The number of nitrogens with zero attached hydrogens (tertiary/aromatic N) is 2. The molecule has 2 N–H and O–H groups in total. The van der Waals surface area contributed by atoms with Gasteiger partial charge in [-0.05, 0) is 58.7 Å². The third-order valence-electron chi connectivity index (χ3n) is 3.69. The highest BCUT2D eigenvalue weighted by Gasteiger charge is 2.00. The lowest BCUT2D eigenvalue weighted by atomic mass is 10.1. The van der Waals surface area contributed by atoms with Crippen LogP contribution in [0.25, 0.3) is 22.3 Å². The molecule has 0 amide bonds. The number of hydrogen-bond donors (Lipinski definition) is 2. The molecular formula is C20H16N4O2. The molecule has 6 nitrogen and oxygen atoms in total. The molecule has 0 atom stereocenters. The van der Waals surface area contributed by atoms with E-state index < -0.39 is 0 Å². The van der Waals surface area contributed by atoms with E-state index in [9.17, 15) is 9.59 Å². The summed E-state index contributed by atoms with van der Waals surface area (Å²) in [6, 6.07) is 11.2. The largest absolute Gasteiger partial charge is 0.358 e. The predicted molar refractivity (Wildman–Crippen MR) is 98.8 cm³/mol. The normalized spacial score (nSPS) is 9.85. The highest BCUT2D eigenvalue weighted by Crippen LogP contribution is 2.18. The average molecular weight is 344 g/mol. The van der Waals surface area contributed by atoms with Crippen LogP contribution in [-0.4, -0.2) is 32.5 Å². The topological polar surface area (TPSA) is 91.5 Å². The van der Waals surface area contributed by atoms with Crippen molar-refractivity contribution in [3.63, 3.8) is 0 Å². The van der Waals surface area contributed by atoms with Crippen molar-refractivity contribution in [1.29, 1.82) is 0 Å². The molecule has 4 aromatic heterocycles. The summed E-state index contributed by atoms with van der Waals surface area (Å²) in [4.78, 5) is 34.4. The molecule has 0 radical (unpaired) electrons. The van der Waals surface area contributed by atoms with Crippen molar-refractivity contribution in [1.82, 2.24) is 19.9 Å². The Hall–Kier alpha value is -3.80. The average Bonchev–Trinajstić information content (AvgIpc) is 3.39. The number of aromatic amines is 2. The standard InChI is InChI=1S/2C10H8N2O/c2*13-7-10-5-9(6-12-10)8-1-3-11-4-2-8/h2*1-7,12H. The molecule has 0 fully saturated rings. The minimum Gasteiger partial charge on any atom is -0.358 e. The van der Waals surface area contributed by atoms with Gasteiger partial charge in [0.25, 0.3) is 0 Å². The van der Waals surface area contributed by atoms with Crippen LogP contribution < -0.4 is 0 Å². The van der Waals surface area contributed by atoms with E-state index in [1.165, 1.54) is 0 Å². The van der Waals surface area contributed by atoms with Gasteiger partial charge in [-0.15, -0.1) is 0 Å². The van der Waals surface area contributed by atoms with Gasteiger partial charge in [0.15, 0.2) is 12.6 Å². The maximum absolute atomic E-state index is 10.4. The fourth-order valence-electron chi connectivity index (χ4n) is 2.38. The van der Waals surface area contributed by atoms with Crippen molar-refractivity contribution in [2.45, 2.75) is 0 Å². The van der Waals surface area contributed by atoms with Crippen LogP contribution >= 0.6 is 0 Å². The first-order chi connectivity index (χ1) is 12.8. The Balaban J connectivity index is 0.000000151. The fraction of sp³-hybridized carbons (Fsp3) is 0. The zero-order valence-electron chi connectivity index (χ0n) is 13.8. The van der Waals surface area contributed by atoms with Crippen molar-refractivity contribution in [3.8, 4) is 22.3 Å². The zero-order chi connectivity index (χ0) is 18.2. The van der Waals surface area contributed by atoms with Crippen LogP contribution in [0.1, 0.15) is 21.0 Å². The fourth-order valence-corrected chi connectivity index (χ4v) is 2.38. The molecule has 4 aromatic rings. The van der Waals surface area contributed by atoms with E-state index in [1.54, 1.807) is 37.2 Å². The van der Waals surface area contributed by atoms with E-state index >= 15 is 0 Å². The molecule has 0 aromatic carbocycles. The summed E-state index contributed by atoms with van der Waals surface area (Å²) in [5.74, 6) is 0. The molecule has 0 spiro atoms. The van der Waals surface area contributed by atoms with E-state index in [0.29, 0.717) is 11.4 Å². The summed E-state index contributed by atoms with van der Waals surface area (Å²) in [6.45, 7) is 0. The Kier molecular flexibility index (Phi) is 5.47. The van der Waals surface area contributed by atoms with Crippen LogP contribution in [-0.2, 0) is 0 Å². The highest BCUT2D eigenvalue weighted by molar-refractivity contribution is 5.77. The van der Waals surface area contributed by atoms with Gasteiger partial charge in [0.05, 0.1) is 11.4 Å². The number of rotatable bonds is 4. The van der Waals surface area contributed by atoms with Crippen LogP contribution in [0, 0.1) is 0 Å². The van der Waals surface area contributed by atoms with Crippen molar-refractivity contribution < 1.29 is 9.59 Å². The van der Waals surface area contributed by atoms with Crippen LogP contribution in [0.5, 0.6) is 0 Å². The van der Waals surface area contributed by atoms with Gasteiger partial charge in [-0.3, -0.25) is 19.6 Å². The molecule has 6 heteroatoms. The first-order valence-corrected chi connectivity index (χ1v) is 7.88. The van der Waals surface area contributed by atoms with Gasteiger partial charge in [0.1, 0.15) is 0 Å². The lowest BCUT2D eigenvalue weighted by molar-refractivity contribution is 0.111. The Morgan fingerprint density at radius 1 is 0.615 bits per heavy atom. The summed E-state index contributed by atoms with van der Waals surface area (Å²) in [6.07, 6.45) is 12.1. The van der Waals surface area contributed by atoms with Crippen molar-refractivity contribution in [2.24, 2.45) is 0 Å². The van der Waals surface area contributed by atoms with Gasteiger partial charge in [0.2, 0.25) is 0 Å². The summed E-state index contributed by atoms with van der Waals surface area (Å²) in [5, 5.41) is 0. The van der Waals surface area contributed by atoms with Gasteiger partial charge < -0.3 is 9.97 Å². The maximum atomic E-state index is 10.4. The number of H-pyrrole nitrogens is 2. The van der Waals surface area contributed by atoms with E-state index in [2.05, 4.69) is 19.9 Å². The van der Waals surface area contributed by atoms with E-state index in [4.69, 9.17) is 0 Å². The Labute approximate surface area is 150 Å². The third kappa shape index (κ3) is 4.18. The Bertz CT molecular complexity index is 893. The minimum atomic E-state index is 0.590. The smallest absolute Gasteiger partial charge is 0.166 e. The van der Waals surface area contributed by atoms with Gasteiger partial charge in [0, 0.05) is 37.2 Å². The molecule has 0 aliphatic rings. The number of nitrogens with one attached hydrogen (secondary N) is 2. The van der Waals surface area contributed by atoms with Crippen molar-refractivity contribution >= 4 is 12.6 Å². The van der Waals surface area contributed by atoms with Gasteiger partial charge in [-0.25, -0.2) is 0 Å². The molecule has 128 valence electrons. The Morgan fingerprint density at radius 2 is 1.00 bits per heavy atom. The van der Waals surface area contributed by atoms with Crippen molar-refractivity contribution in [3.05, 3.63) is 85.0 Å². The third-order valence-corrected chi connectivity index (χ3v) is 3.69. The quantitative estimate of drug-likeness (QED) is 0.551. The van der Waals surface area contributed by atoms with Crippen LogP contribution in [0.4, 0.5) is 0 Å². The summed E-state index contributed by atoms with van der Waals surface area (Å²) < 4.78 is 0. The number of aromatic nitrogens is 4.